The number of aryl methyl sites for hydroxylation is 1. The van der Waals surface area contributed by atoms with Gasteiger partial charge in [-0.1, -0.05) is 6.07 Å². The minimum atomic E-state index is -0.311. The molecule has 0 bridgehead atoms. The van der Waals surface area contributed by atoms with Crippen molar-refractivity contribution in [2.45, 2.75) is 26.0 Å². The molecule has 0 aliphatic carbocycles. The van der Waals surface area contributed by atoms with Gasteiger partial charge in [0.15, 0.2) is 11.6 Å². The van der Waals surface area contributed by atoms with E-state index in [9.17, 15) is 4.39 Å². The van der Waals surface area contributed by atoms with E-state index in [4.69, 9.17) is 9.47 Å². The van der Waals surface area contributed by atoms with Crippen molar-refractivity contribution in [2.75, 3.05) is 19.8 Å². The summed E-state index contributed by atoms with van der Waals surface area (Å²) in [6.45, 7) is 4.53. The van der Waals surface area contributed by atoms with E-state index in [1.54, 1.807) is 10.7 Å². The van der Waals surface area contributed by atoms with E-state index in [1.807, 2.05) is 32.4 Å². The molecule has 0 saturated carbocycles. The third kappa shape index (κ3) is 3.94. The molecule has 130 valence electrons. The number of hydrogen-bond acceptors (Lipinski definition) is 4. The van der Waals surface area contributed by atoms with Gasteiger partial charge in [-0.05, 0) is 31.0 Å². The van der Waals surface area contributed by atoms with Crippen LogP contribution >= 0.6 is 0 Å². The second-order valence-corrected chi connectivity index (χ2v) is 6.12. The van der Waals surface area contributed by atoms with Crippen LogP contribution in [0.4, 0.5) is 4.39 Å². The van der Waals surface area contributed by atoms with Crippen LogP contribution in [0.5, 0.6) is 5.75 Å². The van der Waals surface area contributed by atoms with Crippen molar-refractivity contribution in [3.63, 3.8) is 0 Å². The molecule has 1 aliphatic heterocycles. The Hall–Kier alpha value is -1.92. The van der Waals surface area contributed by atoms with Gasteiger partial charge in [0, 0.05) is 44.4 Å². The standard InChI is InChI=1S/C18H24FN3O2/c1-3-23-17-5-4-13(8-16(17)19)9-20-10-14-6-7-24-18(14)15-11-21-22(2)12-15/h4-5,8,11-12,14,18,20H,3,6-7,9-10H2,1-2H3/t14-,18+/m0/s1. The van der Waals surface area contributed by atoms with E-state index < -0.39 is 0 Å². The van der Waals surface area contributed by atoms with E-state index >= 15 is 0 Å². The van der Waals surface area contributed by atoms with Crippen LogP contribution in [0, 0.1) is 11.7 Å². The first kappa shape index (κ1) is 16.9. The molecule has 0 unspecified atom stereocenters. The number of nitrogens with one attached hydrogen (secondary N) is 1. The fourth-order valence-corrected chi connectivity index (χ4v) is 3.13. The molecular formula is C18H24FN3O2. The van der Waals surface area contributed by atoms with Gasteiger partial charge in [-0.25, -0.2) is 4.39 Å². The van der Waals surface area contributed by atoms with Gasteiger partial charge in [-0.15, -0.1) is 0 Å². The topological polar surface area (TPSA) is 48.3 Å². The van der Waals surface area contributed by atoms with Crippen LogP contribution in [0.1, 0.15) is 30.6 Å². The van der Waals surface area contributed by atoms with Crippen LogP contribution in [0.3, 0.4) is 0 Å². The second kappa shape index (κ2) is 7.77. The highest BCUT2D eigenvalue weighted by Gasteiger charge is 2.30. The molecule has 3 rings (SSSR count). The van der Waals surface area contributed by atoms with Crippen molar-refractivity contribution in [1.29, 1.82) is 0 Å². The van der Waals surface area contributed by atoms with Crippen LogP contribution in [0.2, 0.25) is 0 Å². The Morgan fingerprint density at radius 2 is 2.33 bits per heavy atom. The number of hydrogen-bond donors (Lipinski definition) is 1. The normalized spacial score (nSPS) is 20.5. The van der Waals surface area contributed by atoms with Crippen molar-refractivity contribution in [1.82, 2.24) is 15.1 Å². The fraction of sp³-hybridized carbons (Fsp3) is 0.500. The Bertz CT molecular complexity index is 674. The Morgan fingerprint density at radius 1 is 1.46 bits per heavy atom. The fourth-order valence-electron chi connectivity index (χ4n) is 3.13. The Balaban J connectivity index is 1.53. The zero-order chi connectivity index (χ0) is 16.9. The van der Waals surface area contributed by atoms with Gasteiger partial charge in [0.1, 0.15) is 0 Å². The number of aromatic nitrogens is 2. The van der Waals surface area contributed by atoms with Gasteiger partial charge in [0.2, 0.25) is 0 Å². The summed E-state index contributed by atoms with van der Waals surface area (Å²) in [6.07, 6.45) is 4.98. The SMILES string of the molecule is CCOc1ccc(CNC[C@@H]2CCO[C@H]2c2cnn(C)c2)cc1F. The smallest absolute Gasteiger partial charge is 0.165 e. The molecular weight excluding hydrogens is 309 g/mol. The molecule has 1 aliphatic rings. The van der Waals surface area contributed by atoms with Crippen LogP contribution in [-0.2, 0) is 18.3 Å². The highest BCUT2D eigenvalue weighted by atomic mass is 19.1. The van der Waals surface area contributed by atoms with E-state index in [0.717, 1.165) is 30.7 Å². The molecule has 1 N–H and O–H groups in total. The number of rotatable bonds is 7. The molecule has 0 amide bonds. The first-order valence-electron chi connectivity index (χ1n) is 8.39. The number of benzene rings is 1. The highest BCUT2D eigenvalue weighted by Crippen LogP contribution is 2.33. The first-order valence-corrected chi connectivity index (χ1v) is 8.39. The molecule has 1 aromatic heterocycles. The van der Waals surface area contributed by atoms with E-state index in [1.165, 1.54) is 6.07 Å². The predicted molar refractivity (Wildman–Crippen MR) is 89.3 cm³/mol. The molecule has 0 radical (unpaired) electrons. The van der Waals surface area contributed by atoms with Gasteiger partial charge in [0.05, 0.1) is 18.9 Å². The third-order valence-electron chi connectivity index (χ3n) is 4.30. The maximum absolute atomic E-state index is 13.9. The summed E-state index contributed by atoms with van der Waals surface area (Å²) < 4.78 is 26.7. The molecule has 2 atom stereocenters. The lowest BCUT2D eigenvalue weighted by Crippen LogP contribution is -2.24. The van der Waals surface area contributed by atoms with Crippen molar-refractivity contribution in [3.05, 3.63) is 47.5 Å². The van der Waals surface area contributed by atoms with Crippen LogP contribution in [0.25, 0.3) is 0 Å². The zero-order valence-electron chi connectivity index (χ0n) is 14.2. The van der Waals surface area contributed by atoms with Gasteiger partial charge >= 0.3 is 0 Å². The van der Waals surface area contributed by atoms with Crippen molar-refractivity contribution < 1.29 is 13.9 Å². The minimum Gasteiger partial charge on any atom is -0.491 e. The highest BCUT2D eigenvalue weighted by molar-refractivity contribution is 5.29. The third-order valence-corrected chi connectivity index (χ3v) is 4.30. The van der Waals surface area contributed by atoms with Gasteiger partial charge in [0.25, 0.3) is 0 Å². The second-order valence-electron chi connectivity index (χ2n) is 6.12. The number of halogens is 1. The zero-order valence-corrected chi connectivity index (χ0v) is 14.2. The van der Waals surface area contributed by atoms with Gasteiger partial charge in [-0.3, -0.25) is 4.68 Å². The lowest BCUT2D eigenvalue weighted by atomic mass is 9.97. The Labute approximate surface area is 141 Å². The van der Waals surface area contributed by atoms with Crippen molar-refractivity contribution in [2.24, 2.45) is 13.0 Å². The predicted octanol–water partition coefficient (Wildman–Crippen LogP) is 2.83. The first-order chi connectivity index (χ1) is 11.7. The summed E-state index contributed by atoms with van der Waals surface area (Å²) in [7, 11) is 1.91. The Kier molecular flexibility index (Phi) is 5.48. The number of nitrogens with zero attached hydrogens (tertiary/aromatic N) is 2. The average molecular weight is 333 g/mol. The van der Waals surface area contributed by atoms with Gasteiger partial charge in [-0.2, -0.15) is 5.10 Å². The molecule has 2 heterocycles. The van der Waals surface area contributed by atoms with Crippen LogP contribution < -0.4 is 10.1 Å². The van der Waals surface area contributed by atoms with Gasteiger partial charge < -0.3 is 14.8 Å². The summed E-state index contributed by atoms with van der Waals surface area (Å²) in [5, 5.41) is 7.63. The number of ether oxygens (including phenoxy) is 2. The Morgan fingerprint density at radius 3 is 3.04 bits per heavy atom. The summed E-state index contributed by atoms with van der Waals surface area (Å²) in [5.74, 6) is 0.400. The van der Waals surface area contributed by atoms with E-state index in [0.29, 0.717) is 24.8 Å². The molecule has 2 aromatic rings. The lowest BCUT2D eigenvalue weighted by molar-refractivity contribution is 0.0904. The van der Waals surface area contributed by atoms with Crippen LogP contribution in [-0.4, -0.2) is 29.5 Å². The van der Waals surface area contributed by atoms with E-state index in [-0.39, 0.29) is 11.9 Å². The summed E-state index contributed by atoms with van der Waals surface area (Å²) in [6, 6.07) is 5.11. The summed E-state index contributed by atoms with van der Waals surface area (Å²) >= 11 is 0. The monoisotopic (exact) mass is 333 g/mol. The maximum Gasteiger partial charge on any atom is 0.165 e. The largest absolute Gasteiger partial charge is 0.491 e. The van der Waals surface area contributed by atoms with E-state index in [2.05, 4.69) is 10.4 Å². The summed E-state index contributed by atoms with van der Waals surface area (Å²) in [5.41, 5.74) is 2.03. The van der Waals surface area contributed by atoms with Crippen molar-refractivity contribution >= 4 is 0 Å². The molecule has 0 spiro atoms. The minimum absolute atomic E-state index is 0.0864. The quantitative estimate of drug-likeness (QED) is 0.846. The maximum atomic E-state index is 13.9. The molecule has 6 heteroatoms. The molecule has 1 fully saturated rings. The lowest BCUT2D eigenvalue weighted by Gasteiger charge is -2.18. The van der Waals surface area contributed by atoms with Crippen LogP contribution in [0.15, 0.2) is 30.6 Å². The molecule has 5 nitrogen and oxygen atoms in total. The van der Waals surface area contributed by atoms with Crippen molar-refractivity contribution in [3.8, 4) is 5.75 Å². The molecule has 1 saturated heterocycles. The molecule has 1 aromatic carbocycles. The molecule has 24 heavy (non-hydrogen) atoms. The average Bonchev–Trinajstić information content (AvgIpc) is 3.19. The summed E-state index contributed by atoms with van der Waals surface area (Å²) in [4.78, 5) is 0.